The third kappa shape index (κ3) is 2.82. The lowest BCUT2D eigenvalue weighted by Crippen LogP contribution is -2.13. The molecule has 1 N–H and O–H groups in total. The van der Waals surface area contributed by atoms with E-state index in [0.717, 1.165) is 17.9 Å². The van der Waals surface area contributed by atoms with Gasteiger partial charge in [-0.05, 0) is 23.5 Å². The van der Waals surface area contributed by atoms with Crippen LogP contribution in [0.2, 0.25) is 0 Å². The van der Waals surface area contributed by atoms with Gasteiger partial charge in [0.25, 0.3) is 0 Å². The Kier molecular flexibility index (Phi) is 3.05. The average Bonchev–Trinajstić information content (AvgIpc) is 2.11. The molecular formula is C13H16O2. The van der Waals surface area contributed by atoms with Crippen molar-refractivity contribution in [1.82, 2.24) is 0 Å². The molecule has 0 aliphatic heterocycles. The highest BCUT2D eigenvalue weighted by Crippen LogP contribution is 2.29. The smallest absolute Gasteiger partial charge is 0.307 e. The van der Waals surface area contributed by atoms with E-state index in [4.69, 9.17) is 5.11 Å². The van der Waals surface area contributed by atoms with Crippen LogP contribution in [0.4, 0.5) is 0 Å². The minimum atomic E-state index is -0.754. The van der Waals surface area contributed by atoms with Gasteiger partial charge in [-0.3, -0.25) is 4.79 Å². The van der Waals surface area contributed by atoms with Gasteiger partial charge < -0.3 is 5.11 Å². The second-order valence-electron chi connectivity index (χ2n) is 4.39. The van der Waals surface area contributed by atoms with E-state index in [0.29, 0.717) is 0 Å². The van der Waals surface area contributed by atoms with E-state index >= 15 is 0 Å². The van der Waals surface area contributed by atoms with Gasteiger partial charge in [-0.2, -0.15) is 0 Å². The third-order valence-corrected chi connectivity index (χ3v) is 3.10. The van der Waals surface area contributed by atoms with Crippen LogP contribution in [0.1, 0.15) is 30.4 Å². The van der Waals surface area contributed by atoms with E-state index in [9.17, 15) is 4.79 Å². The summed E-state index contributed by atoms with van der Waals surface area (Å²) < 4.78 is 0. The van der Waals surface area contributed by atoms with E-state index in [2.05, 4.69) is 6.07 Å². The number of aliphatic carboxylic acids is 1. The lowest BCUT2D eigenvalue weighted by Gasteiger charge is -2.25. The summed E-state index contributed by atoms with van der Waals surface area (Å²) in [5.74, 6) is 0.0841. The number of rotatable bonds is 4. The molecule has 0 amide bonds. The maximum atomic E-state index is 10.6. The van der Waals surface area contributed by atoms with Crippen LogP contribution in [0, 0.1) is 5.92 Å². The van der Waals surface area contributed by atoms with Crippen LogP contribution in [0.3, 0.4) is 0 Å². The van der Waals surface area contributed by atoms with Gasteiger partial charge in [0.1, 0.15) is 0 Å². The van der Waals surface area contributed by atoms with Crippen molar-refractivity contribution >= 4 is 5.97 Å². The maximum absolute atomic E-state index is 10.6. The zero-order valence-corrected chi connectivity index (χ0v) is 8.78. The van der Waals surface area contributed by atoms with Crippen LogP contribution in [0.5, 0.6) is 0 Å². The van der Waals surface area contributed by atoms with Crippen LogP contribution >= 0.6 is 0 Å². The van der Waals surface area contributed by atoms with Crippen LogP contribution in [0.25, 0.3) is 0 Å². The number of carboxylic acids is 1. The summed E-state index contributed by atoms with van der Waals surface area (Å²) in [6.45, 7) is 0. The molecule has 0 bridgehead atoms. The number of hydrogen-bond acceptors (Lipinski definition) is 1. The van der Waals surface area contributed by atoms with Crippen LogP contribution in [-0.4, -0.2) is 11.1 Å². The van der Waals surface area contributed by atoms with Crippen molar-refractivity contribution < 1.29 is 9.90 Å². The highest BCUT2D eigenvalue weighted by Gasteiger charge is 2.17. The quantitative estimate of drug-likeness (QED) is 0.818. The lowest BCUT2D eigenvalue weighted by atomic mass is 9.81. The van der Waals surface area contributed by atoms with Gasteiger partial charge in [-0.25, -0.2) is 0 Å². The first-order valence-electron chi connectivity index (χ1n) is 5.53. The summed E-state index contributed by atoms with van der Waals surface area (Å²) in [7, 11) is 0. The summed E-state index contributed by atoms with van der Waals surface area (Å²) in [4.78, 5) is 10.6. The normalized spacial score (nSPS) is 16.0. The van der Waals surface area contributed by atoms with E-state index in [1.54, 1.807) is 0 Å². The molecule has 0 unspecified atom stereocenters. The Morgan fingerprint density at radius 2 is 2.07 bits per heavy atom. The average molecular weight is 204 g/mol. The fourth-order valence-electron chi connectivity index (χ4n) is 2.07. The van der Waals surface area contributed by atoms with Gasteiger partial charge >= 0.3 is 5.97 Å². The standard InChI is InChI=1S/C13H16O2/c14-13(15)9-12-6-2-5-11(8-12)7-10-3-1-4-10/h2,5-6,8,10H,1,3-4,7,9H2,(H,14,15). The van der Waals surface area contributed by atoms with Crippen LogP contribution < -0.4 is 0 Å². The molecule has 0 saturated heterocycles. The van der Waals surface area contributed by atoms with Crippen LogP contribution in [0.15, 0.2) is 24.3 Å². The van der Waals surface area contributed by atoms with Crippen molar-refractivity contribution in [3.63, 3.8) is 0 Å². The molecule has 0 atom stereocenters. The molecule has 0 heterocycles. The van der Waals surface area contributed by atoms with E-state index in [-0.39, 0.29) is 6.42 Å². The molecule has 15 heavy (non-hydrogen) atoms. The second-order valence-corrected chi connectivity index (χ2v) is 4.39. The Morgan fingerprint density at radius 1 is 1.33 bits per heavy atom. The largest absolute Gasteiger partial charge is 0.481 e. The molecule has 2 rings (SSSR count). The molecule has 2 nitrogen and oxygen atoms in total. The first-order chi connectivity index (χ1) is 7.24. The maximum Gasteiger partial charge on any atom is 0.307 e. The van der Waals surface area contributed by atoms with Crippen molar-refractivity contribution in [1.29, 1.82) is 0 Å². The van der Waals surface area contributed by atoms with Gasteiger partial charge in [0.05, 0.1) is 6.42 Å². The Hall–Kier alpha value is -1.31. The molecule has 1 aromatic rings. The summed E-state index contributed by atoms with van der Waals surface area (Å²) in [5.41, 5.74) is 2.21. The third-order valence-electron chi connectivity index (χ3n) is 3.10. The van der Waals surface area contributed by atoms with Crippen LogP contribution in [-0.2, 0) is 17.6 Å². The van der Waals surface area contributed by atoms with Crippen molar-refractivity contribution in [2.75, 3.05) is 0 Å². The van der Waals surface area contributed by atoms with Crippen molar-refractivity contribution in [3.05, 3.63) is 35.4 Å². The minimum Gasteiger partial charge on any atom is -0.481 e. The molecule has 2 heteroatoms. The van der Waals surface area contributed by atoms with Gasteiger partial charge in [0.2, 0.25) is 0 Å². The molecule has 1 aromatic carbocycles. The zero-order valence-electron chi connectivity index (χ0n) is 8.78. The van der Waals surface area contributed by atoms with E-state index in [1.165, 1.54) is 24.8 Å². The van der Waals surface area contributed by atoms with Gasteiger partial charge in [-0.15, -0.1) is 0 Å². The predicted molar refractivity (Wildman–Crippen MR) is 58.8 cm³/mol. The molecule has 0 radical (unpaired) electrons. The molecular weight excluding hydrogens is 188 g/mol. The Bertz CT molecular complexity index is 353. The highest BCUT2D eigenvalue weighted by molar-refractivity contribution is 5.70. The fraction of sp³-hybridized carbons (Fsp3) is 0.462. The Morgan fingerprint density at radius 3 is 2.67 bits per heavy atom. The molecule has 0 aromatic heterocycles. The molecule has 1 fully saturated rings. The Labute approximate surface area is 89.9 Å². The first kappa shape index (κ1) is 10.2. The minimum absolute atomic E-state index is 0.137. The molecule has 0 spiro atoms. The summed E-state index contributed by atoms with van der Waals surface area (Å²) in [6, 6.07) is 7.99. The zero-order chi connectivity index (χ0) is 10.7. The summed E-state index contributed by atoms with van der Waals surface area (Å²) in [5, 5.41) is 8.70. The van der Waals surface area contributed by atoms with E-state index in [1.807, 2.05) is 18.2 Å². The number of carboxylic acid groups (broad SMARTS) is 1. The van der Waals surface area contributed by atoms with Crippen molar-refractivity contribution in [2.24, 2.45) is 5.92 Å². The summed E-state index contributed by atoms with van der Waals surface area (Å²) >= 11 is 0. The van der Waals surface area contributed by atoms with Crippen molar-refractivity contribution in [3.8, 4) is 0 Å². The monoisotopic (exact) mass is 204 g/mol. The highest BCUT2D eigenvalue weighted by atomic mass is 16.4. The lowest BCUT2D eigenvalue weighted by molar-refractivity contribution is -0.136. The predicted octanol–water partition coefficient (Wildman–Crippen LogP) is 2.66. The van der Waals surface area contributed by atoms with Gasteiger partial charge in [0, 0.05) is 0 Å². The molecule has 1 saturated carbocycles. The fourth-order valence-corrected chi connectivity index (χ4v) is 2.07. The van der Waals surface area contributed by atoms with E-state index < -0.39 is 5.97 Å². The Balaban J connectivity index is 2.00. The number of carbonyl (C=O) groups is 1. The number of hydrogen-bond donors (Lipinski definition) is 1. The van der Waals surface area contributed by atoms with Gasteiger partial charge in [0.15, 0.2) is 0 Å². The molecule has 1 aliphatic carbocycles. The van der Waals surface area contributed by atoms with Crippen molar-refractivity contribution in [2.45, 2.75) is 32.1 Å². The topological polar surface area (TPSA) is 37.3 Å². The first-order valence-corrected chi connectivity index (χ1v) is 5.53. The number of benzene rings is 1. The van der Waals surface area contributed by atoms with Gasteiger partial charge in [-0.1, -0.05) is 43.5 Å². The SMILES string of the molecule is O=C(O)Cc1cccc(CC2CCC2)c1. The second kappa shape index (κ2) is 4.47. The molecule has 1 aliphatic rings. The molecule has 80 valence electrons. The summed E-state index contributed by atoms with van der Waals surface area (Å²) in [6.07, 6.45) is 5.29.